The summed E-state index contributed by atoms with van der Waals surface area (Å²) in [5, 5.41) is 0.677. The van der Waals surface area contributed by atoms with E-state index in [0.29, 0.717) is 10.6 Å². The smallest absolute Gasteiger partial charge is 0.150 e. The third-order valence-electron chi connectivity index (χ3n) is 4.11. The number of thioether (sulfide) groups is 1. The molecule has 0 radical (unpaired) electrons. The SMILES string of the molecule is O=Cc1ccc2c(c1)N=C(c1cccc(Cl)c1)c1ccccc1CS2. The number of carbonyl (C=O) groups excluding carboxylic acids is 1. The predicted molar refractivity (Wildman–Crippen MR) is 105 cm³/mol. The molecule has 1 aliphatic rings. The number of halogens is 1. The Morgan fingerprint density at radius 1 is 1.00 bits per heavy atom. The van der Waals surface area contributed by atoms with Gasteiger partial charge in [-0.25, -0.2) is 4.99 Å². The molecule has 0 fully saturated rings. The highest BCUT2D eigenvalue weighted by atomic mass is 35.5. The summed E-state index contributed by atoms with van der Waals surface area (Å²) in [4.78, 5) is 17.2. The van der Waals surface area contributed by atoms with Crippen molar-refractivity contribution >= 4 is 41.0 Å². The molecular formula is C21H14ClNOS. The molecule has 0 bridgehead atoms. The summed E-state index contributed by atoms with van der Waals surface area (Å²) >= 11 is 7.94. The molecule has 0 unspecified atom stereocenters. The van der Waals surface area contributed by atoms with Gasteiger partial charge in [0.1, 0.15) is 6.29 Å². The van der Waals surface area contributed by atoms with Gasteiger partial charge in [-0.1, -0.05) is 54.1 Å². The third kappa shape index (κ3) is 3.26. The van der Waals surface area contributed by atoms with Crippen molar-refractivity contribution < 1.29 is 4.79 Å². The van der Waals surface area contributed by atoms with Gasteiger partial charge in [-0.2, -0.15) is 0 Å². The van der Waals surface area contributed by atoms with Crippen LogP contribution in [-0.4, -0.2) is 12.0 Å². The number of hydrogen-bond acceptors (Lipinski definition) is 3. The van der Waals surface area contributed by atoms with E-state index < -0.39 is 0 Å². The first kappa shape index (κ1) is 16.1. The molecule has 0 saturated carbocycles. The van der Waals surface area contributed by atoms with Crippen LogP contribution in [0.4, 0.5) is 5.69 Å². The van der Waals surface area contributed by atoms with Crippen LogP contribution in [0.3, 0.4) is 0 Å². The van der Waals surface area contributed by atoms with Crippen LogP contribution < -0.4 is 0 Å². The molecule has 0 N–H and O–H groups in total. The van der Waals surface area contributed by atoms with Crippen molar-refractivity contribution in [2.45, 2.75) is 10.6 Å². The maximum absolute atomic E-state index is 11.2. The highest BCUT2D eigenvalue weighted by Crippen LogP contribution is 2.37. The lowest BCUT2D eigenvalue weighted by Crippen LogP contribution is -2.08. The van der Waals surface area contributed by atoms with E-state index in [4.69, 9.17) is 16.6 Å². The van der Waals surface area contributed by atoms with Gasteiger partial charge in [0, 0.05) is 32.4 Å². The maximum Gasteiger partial charge on any atom is 0.150 e. The predicted octanol–water partition coefficient (Wildman–Crippen LogP) is 5.93. The molecule has 1 aliphatic heterocycles. The maximum atomic E-state index is 11.2. The van der Waals surface area contributed by atoms with Gasteiger partial charge >= 0.3 is 0 Å². The molecule has 3 aromatic rings. The van der Waals surface area contributed by atoms with E-state index in [1.807, 2.05) is 54.6 Å². The van der Waals surface area contributed by atoms with Gasteiger partial charge in [-0.05, 0) is 29.8 Å². The van der Waals surface area contributed by atoms with Crippen LogP contribution in [0.25, 0.3) is 0 Å². The van der Waals surface area contributed by atoms with Crippen molar-refractivity contribution in [1.82, 2.24) is 0 Å². The summed E-state index contributed by atoms with van der Waals surface area (Å²) in [5.41, 5.74) is 5.62. The zero-order chi connectivity index (χ0) is 17.2. The fraction of sp³-hybridized carbons (Fsp3) is 0.0476. The molecule has 4 heteroatoms. The molecule has 4 rings (SSSR count). The highest BCUT2D eigenvalue weighted by molar-refractivity contribution is 7.98. The molecule has 3 aromatic carbocycles. The summed E-state index contributed by atoms with van der Waals surface area (Å²) in [7, 11) is 0. The molecule has 0 aromatic heterocycles. The van der Waals surface area contributed by atoms with E-state index in [1.54, 1.807) is 11.8 Å². The standard InChI is InChI=1S/C21H14ClNOS/c22-17-6-3-5-15(11-17)21-18-7-2-1-4-16(18)13-25-20-9-8-14(12-24)10-19(20)23-21/h1-12H,13H2. The first-order valence-corrected chi connectivity index (χ1v) is 9.26. The summed E-state index contributed by atoms with van der Waals surface area (Å²) < 4.78 is 0. The lowest BCUT2D eigenvalue weighted by Gasteiger charge is -2.17. The Labute approximate surface area is 155 Å². The molecule has 122 valence electrons. The Morgan fingerprint density at radius 3 is 2.72 bits per heavy atom. The van der Waals surface area contributed by atoms with Gasteiger partial charge in [0.25, 0.3) is 0 Å². The Hall–Kier alpha value is -2.36. The summed E-state index contributed by atoms with van der Waals surface area (Å²) in [6, 6.07) is 21.7. The Kier molecular flexibility index (Phi) is 4.43. The molecular weight excluding hydrogens is 350 g/mol. The topological polar surface area (TPSA) is 29.4 Å². The van der Waals surface area contributed by atoms with Crippen molar-refractivity contribution in [2.24, 2.45) is 4.99 Å². The Morgan fingerprint density at radius 2 is 1.88 bits per heavy atom. The Bertz CT molecular complexity index is 997. The minimum absolute atomic E-state index is 0.627. The van der Waals surface area contributed by atoms with Crippen molar-refractivity contribution in [3.05, 3.63) is 94.0 Å². The number of benzene rings is 3. The number of aldehydes is 1. The second-order valence-electron chi connectivity index (χ2n) is 5.76. The largest absolute Gasteiger partial charge is 0.298 e. The van der Waals surface area contributed by atoms with Crippen LogP contribution >= 0.6 is 23.4 Å². The summed E-state index contributed by atoms with van der Waals surface area (Å²) in [6.07, 6.45) is 0.853. The van der Waals surface area contributed by atoms with Crippen LogP contribution in [-0.2, 0) is 5.75 Å². The normalized spacial score (nSPS) is 13.1. The molecule has 0 amide bonds. The van der Waals surface area contributed by atoms with E-state index >= 15 is 0 Å². The zero-order valence-electron chi connectivity index (χ0n) is 13.3. The van der Waals surface area contributed by atoms with Gasteiger partial charge in [0.05, 0.1) is 11.4 Å². The van der Waals surface area contributed by atoms with Gasteiger partial charge < -0.3 is 0 Å². The molecule has 0 saturated heterocycles. The average molecular weight is 364 g/mol. The number of rotatable bonds is 2. The lowest BCUT2D eigenvalue weighted by molar-refractivity contribution is 0.112. The fourth-order valence-corrected chi connectivity index (χ4v) is 4.06. The summed E-state index contributed by atoms with van der Waals surface area (Å²) in [5.74, 6) is 0.850. The molecule has 0 aliphatic carbocycles. The van der Waals surface area contributed by atoms with Crippen LogP contribution in [0, 0.1) is 0 Å². The van der Waals surface area contributed by atoms with Crippen LogP contribution in [0.5, 0.6) is 0 Å². The third-order valence-corrected chi connectivity index (χ3v) is 5.45. The Balaban J connectivity index is 1.99. The minimum atomic E-state index is 0.627. The van der Waals surface area contributed by atoms with Crippen LogP contribution in [0.2, 0.25) is 5.02 Å². The molecule has 0 atom stereocenters. The zero-order valence-corrected chi connectivity index (χ0v) is 14.8. The van der Waals surface area contributed by atoms with Gasteiger partial charge in [-0.15, -0.1) is 11.8 Å². The lowest BCUT2D eigenvalue weighted by atomic mass is 9.98. The molecule has 2 nitrogen and oxygen atoms in total. The molecule has 0 spiro atoms. The van der Waals surface area contributed by atoms with Crippen molar-refractivity contribution in [3.8, 4) is 0 Å². The van der Waals surface area contributed by atoms with E-state index in [1.165, 1.54) is 5.56 Å². The van der Waals surface area contributed by atoms with Gasteiger partial charge in [0.2, 0.25) is 0 Å². The highest BCUT2D eigenvalue weighted by Gasteiger charge is 2.17. The van der Waals surface area contributed by atoms with Crippen molar-refractivity contribution in [2.75, 3.05) is 0 Å². The molecule has 1 heterocycles. The average Bonchev–Trinajstić information content (AvgIpc) is 2.63. The van der Waals surface area contributed by atoms with E-state index in [-0.39, 0.29) is 0 Å². The summed E-state index contributed by atoms with van der Waals surface area (Å²) in [6.45, 7) is 0. The van der Waals surface area contributed by atoms with Crippen LogP contribution in [0.15, 0.2) is 76.6 Å². The van der Waals surface area contributed by atoms with Crippen molar-refractivity contribution in [3.63, 3.8) is 0 Å². The van der Waals surface area contributed by atoms with Gasteiger partial charge in [-0.3, -0.25) is 4.79 Å². The quantitative estimate of drug-likeness (QED) is 0.528. The number of nitrogens with zero attached hydrogens (tertiary/aromatic N) is 1. The van der Waals surface area contributed by atoms with Crippen molar-refractivity contribution in [1.29, 1.82) is 0 Å². The fourth-order valence-electron chi connectivity index (χ4n) is 2.89. The number of carbonyl (C=O) groups is 1. The minimum Gasteiger partial charge on any atom is -0.298 e. The van der Waals surface area contributed by atoms with Crippen LogP contribution in [0.1, 0.15) is 27.0 Å². The number of aliphatic imine (C=N–C) groups is 1. The number of hydrogen-bond donors (Lipinski definition) is 0. The second kappa shape index (κ2) is 6.87. The monoisotopic (exact) mass is 363 g/mol. The van der Waals surface area contributed by atoms with Gasteiger partial charge in [0.15, 0.2) is 0 Å². The van der Waals surface area contributed by atoms with E-state index in [2.05, 4.69) is 12.1 Å². The second-order valence-corrected chi connectivity index (χ2v) is 7.22. The number of fused-ring (bicyclic) bond motifs is 2. The first-order valence-electron chi connectivity index (χ1n) is 7.89. The molecule has 25 heavy (non-hydrogen) atoms. The van der Waals surface area contributed by atoms with E-state index in [0.717, 1.165) is 39.5 Å². The first-order chi connectivity index (χ1) is 12.2. The van der Waals surface area contributed by atoms with E-state index in [9.17, 15) is 4.79 Å².